The van der Waals surface area contributed by atoms with E-state index in [2.05, 4.69) is 46.0 Å². The second kappa shape index (κ2) is 5.09. The van der Waals surface area contributed by atoms with Gasteiger partial charge in [0.15, 0.2) is 0 Å². The Morgan fingerprint density at radius 3 is 2.71 bits per heavy atom. The van der Waals surface area contributed by atoms with Gasteiger partial charge in [0.2, 0.25) is 0 Å². The fourth-order valence-electron chi connectivity index (χ4n) is 2.59. The molecule has 21 heavy (non-hydrogen) atoms. The molecule has 0 atom stereocenters. The number of aromatic nitrogens is 3. The van der Waals surface area contributed by atoms with Crippen molar-refractivity contribution in [3.63, 3.8) is 0 Å². The van der Waals surface area contributed by atoms with Gasteiger partial charge in [-0.1, -0.05) is 12.1 Å². The lowest BCUT2D eigenvalue weighted by atomic mass is 10.1. The second-order valence-corrected chi connectivity index (χ2v) is 5.34. The average Bonchev–Trinajstić information content (AvgIpc) is 2.87. The second-order valence-electron chi connectivity index (χ2n) is 5.34. The SMILES string of the molecule is CNc1ncnc2c1c(-c1cccc(N)c1)cn2C(C)C. The fraction of sp³-hybridized carbons (Fsp3) is 0.250. The van der Waals surface area contributed by atoms with E-state index in [0.717, 1.165) is 33.7 Å². The van der Waals surface area contributed by atoms with Crippen LogP contribution in [0, 0.1) is 0 Å². The first kappa shape index (κ1) is 13.4. The monoisotopic (exact) mass is 281 g/mol. The zero-order chi connectivity index (χ0) is 15.0. The molecule has 0 aliphatic rings. The van der Waals surface area contributed by atoms with Crippen LogP contribution in [0.15, 0.2) is 36.8 Å². The van der Waals surface area contributed by atoms with E-state index in [0.29, 0.717) is 6.04 Å². The number of rotatable bonds is 3. The molecule has 0 radical (unpaired) electrons. The minimum Gasteiger partial charge on any atom is -0.399 e. The maximum absolute atomic E-state index is 5.92. The molecular weight excluding hydrogens is 262 g/mol. The molecule has 0 saturated carbocycles. The third-order valence-electron chi connectivity index (χ3n) is 3.60. The van der Waals surface area contributed by atoms with Crippen LogP contribution in [-0.2, 0) is 0 Å². The van der Waals surface area contributed by atoms with Crippen molar-refractivity contribution in [3.8, 4) is 11.1 Å². The number of benzene rings is 1. The Morgan fingerprint density at radius 1 is 1.24 bits per heavy atom. The Morgan fingerprint density at radius 2 is 2.05 bits per heavy atom. The quantitative estimate of drug-likeness (QED) is 0.723. The van der Waals surface area contributed by atoms with Gasteiger partial charge < -0.3 is 15.6 Å². The zero-order valence-corrected chi connectivity index (χ0v) is 12.5. The smallest absolute Gasteiger partial charge is 0.146 e. The highest BCUT2D eigenvalue weighted by Crippen LogP contribution is 2.35. The van der Waals surface area contributed by atoms with E-state index in [1.54, 1.807) is 6.33 Å². The molecule has 5 heteroatoms. The van der Waals surface area contributed by atoms with Gasteiger partial charge in [-0.25, -0.2) is 9.97 Å². The number of nitrogens with zero attached hydrogens (tertiary/aromatic N) is 3. The van der Waals surface area contributed by atoms with Gasteiger partial charge in [0.1, 0.15) is 17.8 Å². The van der Waals surface area contributed by atoms with Crippen LogP contribution < -0.4 is 11.1 Å². The van der Waals surface area contributed by atoms with E-state index < -0.39 is 0 Å². The molecule has 3 rings (SSSR count). The fourth-order valence-corrected chi connectivity index (χ4v) is 2.59. The summed E-state index contributed by atoms with van der Waals surface area (Å²) in [6.07, 6.45) is 3.72. The Balaban J connectivity index is 2.36. The molecule has 0 aliphatic carbocycles. The first-order chi connectivity index (χ1) is 10.1. The number of fused-ring (bicyclic) bond motifs is 1. The summed E-state index contributed by atoms with van der Waals surface area (Å²) in [4.78, 5) is 8.80. The predicted molar refractivity (Wildman–Crippen MR) is 87.3 cm³/mol. The summed E-state index contributed by atoms with van der Waals surface area (Å²) < 4.78 is 2.16. The third-order valence-corrected chi connectivity index (χ3v) is 3.60. The first-order valence-corrected chi connectivity index (χ1v) is 7.01. The molecule has 0 bridgehead atoms. The van der Waals surface area contributed by atoms with Crippen LogP contribution in [-0.4, -0.2) is 21.6 Å². The first-order valence-electron chi connectivity index (χ1n) is 7.01. The molecule has 2 heterocycles. The van der Waals surface area contributed by atoms with E-state index in [1.807, 2.05) is 25.2 Å². The van der Waals surface area contributed by atoms with Crippen molar-refractivity contribution in [3.05, 3.63) is 36.8 Å². The van der Waals surface area contributed by atoms with Gasteiger partial charge in [-0.2, -0.15) is 0 Å². The molecule has 1 aromatic carbocycles. The van der Waals surface area contributed by atoms with Gasteiger partial charge in [0.25, 0.3) is 0 Å². The lowest BCUT2D eigenvalue weighted by molar-refractivity contribution is 0.618. The normalized spacial score (nSPS) is 11.2. The van der Waals surface area contributed by atoms with Gasteiger partial charge in [-0.15, -0.1) is 0 Å². The number of nitrogen functional groups attached to an aromatic ring is 1. The lowest BCUT2D eigenvalue weighted by Crippen LogP contribution is -2.01. The number of hydrogen-bond donors (Lipinski definition) is 2. The van der Waals surface area contributed by atoms with Crippen molar-refractivity contribution in [2.75, 3.05) is 18.1 Å². The molecule has 0 saturated heterocycles. The van der Waals surface area contributed by atoms with Crippen LogP contribution in [0.3, 0.4) is 0 Å². The highest BCUT2D eigenvalue weighted by molar-refractivity contribution is 6.01. The van der Waals surface area contributed by atoms with Crippen LogP contribution in [0.5, 0.6) is 0 Å². The molecule has 3 N–H and O–H groups in total. The Labute approximate surface area is 123 Å². The molecular formula is C16H19N5. The molecule has 0 amide bonds. The summed E-state index contributed by atoms with van der Waals surface area (Å²) >= 11 is 0. The summed E-state index contributed by atoms with van der Waals surface area (Å²) in [5.41, 5.74) is 9.77. The molecule has 0 spiro atoms. The van der Waals surface area contributed by atoms with E-state index >= 15 is 0 Å². The summed E-state index contributed by atoms with van der Waals surface area (Å²) in [7, 11) is 1.87. The molecule has 0 aliphatic heterocycles. The summed E-state index contributed by atoms with van der Waals surface area (Å²) in [5.74, 6) is 0.830. The van der Waals surface area contributed by atoms with Crippen molar-refractivity contribution in [1.29, 1.82) is 0 Å². The van der Waals surface area contributed by atoms with Gasteiger partial charge in [-0.3, -0.25) is 0 Å². The highest BCUT2D eigenvalue weighted by atomic mass is 15.1. The van der Waals surface area contributed by atoms with Gasteiger partial charge in [-0.05, 0) is 31.5 Å². The topological polar surface area (TPSA) is 68.8 Å². The van der Waals surface area contributed by atoms with Crippen LogP contribution in [0.1, 0.15) is 19.9 Å². The minimum atomic E-state index is 0.321. The number of nitrogens with two attached hydrogens (primary N) is 1. The summed E-state index contributed by atoms with van der Waals surface area (Å²) in [6.45, 7) is 4.29. The van der Waals surface area contributed by atoms with Crippen molar-refractivity contribution in [2.45, 2.75) is 19.9 Å². The molecule has 0 unspecified atom stereocenters. The molecule has 5 nitrogen and oxygen atoms in total. The van der Waals surface area contributed by atoms with Gasteiger partial charge in [0, 0.05) is 30.5 Å². The van der Waals surface area contributed by atoms with Crippen LogP contribution in [0.4, 0.5) is 11.5 Å². The van der Waals surface area contributed by atoms with Crippen molar-refractivity contribution >= 4 is 22.5 Å². The summed E-state index contributed by atoms with van der Waals surface area (Å²) in [6, 6.07) is 8.21. The van der Waals surface area contributed by atoms with Crippen molar-refractivity contribution < 1.29 is 0 Å². The van der Waals surface area contributed by atoms with Gasteiger partial charge >= 0.3 is 0 Å². The number of nitrogens with one attached hydrogen (secondary N) is 1. The van der Waals surface area contributed by atoms with E-state index in [-0.39, 0.29) is 0 Å². The Bertz CT molecular complexity index is 788. The van der Waals surface area contributed by atoms with Crippen LogP contribution in [0.2, 0.25) is 0 Å². The zero-order valence-electron chi connectivity index (χ0n) is 12.5. The van der Waals surface area contributed by atoms with Crippen molar-refractivity contribution in [1.82, 2.24) is 14.5 Å². The largest absolute Gasteiger partial charge is 0.399 e. The molecule has 0 fully saturated rings. The highest BCUT2D eigenvalue weighted by Gasteiger charge is 2.17. The Hall–Kier alpha value is -2.56. The predicted octanol–water partition coefficient (Wildman–Crippen LogP) is 3.30. The van der Waals surface area contributed by atoms with E-state index in [9.17, 15) is 0 Å². The maximum Gasteiger partial charge on any atom is 0.146 e. The van der Waals surface area contributed by atoms with Gasteiger partial charge in [0.05, 0.1) is 5.39 Å². The molecule has 3 aromatic rings. The average molecular weight is 281 g/mol. The summed E-state index contributed by atoms with van der Waals surface area (Å²) in [5, 5.41) is 4.18. The van der Waals surface area contributed by atoms with Crippen LogP contribution in [0.25, 0.3) is 22.2 Å². The maximum atomic E-state index is 5.92. The van der Waals surface area contributed by atoms with Crippen molar-refractivity contribution in [2.24, 2.45) is 0 Å². The lowest BCUT2D eigenvalue weighted by Gasteiger charge is -2.08. The van der Waals surface area contributed by atoms with E-state index in [4.69, 9.17) is 5.73 Å². The van der Waals surface area contributed by atoms with Crippen LogP contribution >= 0.6 is 0 Å². The number of anilines is 2. The molecule has 2 aromatic heterocycles. The minimum absolute atomic E-state index is 0.321. The third kappa shape index (κ3) is 2.20. The standard InChI is InChI=1S/C16H19N5/c1-10(2)21-8-13(11-5-4-6-12(17)7-11)14-15(18-3)19-9-20-16(14)21/h4-10H,17H2,1-3H3,(H,18,19,20). The van der Waals surface area contributed by atoms with E-state index in [1.165, 1.54) is 0 Å². The molecule has 108 valence electrons. The number of hydrogen-bond acceptors (Lipinski definition) is 4. The Kier molecular flexibility index (Phi) is 3.25.